The van der Waals surface area contributed by atoms with Gasteiger partial charge in [-0.25, -0.2) is 4.98 Å². The molecule has 0 fully saturated rings. The summed E-state index contributed by atoms with van der Waals surface area (Å²) in [5, 5.41) is 10.5. The molecule has 0 radical (unpaired) electrons. The molecule has 0 amide bonds. The average Bonchev–Trinajstić information content (AvgIpc) is 1.97. The molecular weight excluding hydrogens is 203 g/mol. The number of rotatable bonds is 1. The third-order valence-electron chi connectivity index (χ3n) is 1.38. The fourth-order valence-electron chi connectivity index (χ4n) is 0.751. The van der Waals surface area contributed by atoms with Gasteiger partial charge in [0.1, 0.15) is 0 Å². The standard InChI is InChI=1S/C6H4Cl2N2O2/c1-3-4(7)2-9-6(8)5(3)10(11)12/h2H,1H3. The zero-order valence-corrected chi connectivity index (χ0v) is 7.56. The highest BCUT2D eigenvalue weighted by atomic mass is 35.5. The maximum absolute atomic E-state index is 10.4. The van der Waals surface area contributed by atoms with Crippen molar-refractivity contribution >= 4 is 28.9 Å². The van der Waals surface area contributed by atoms with E-state index >= 15 is 0 Å². The number of nitrogens with zero attached hydrogens (tertiary/aromatic N) is 2. The van der Waals surface area contributed by atoms with Crippen molar-refractivity contribution in [2.24, 2.45) is 0 Å². The van der Waals surface area contributed by atoms with Crippen LogP contribution >= 0.6 is 23.2 Å². The summed E-state index contributed by atoms with van der Waals surface area (Å²) in [5.74, 6) is 0. The van der Waals surface area contributed by atoms with Crippen molar-refractivity contribution in [1.82, 2.24) is 4.98 Å². The van der Waals surface area contributed by atoms with Gasteiger partial charge in [-0.3, -0.25) is 10.1 Å². The largest absolute Gasteiger partial charge is 0.310 e. The molecule has 1 aromatic rings. The summed E-state index contributed by atoms with van der Waals surface area (Å²) in [7, 11) is 0. The van der Waals surface area contributed by atoms with Crippen molar-refractivity contribution in [3.05, 3.63) is 32.1 Å². The topological polar surface area (TPSA) is 56.0 Å². The third-order valence-corrected chi connectivity index (χ3v) is 2.04. The molecule has 0 atom stereocenters. The molecule has 4 nitrogen and oxygen atoms in total. The van der Waals surface area contributed by atoms with E-state index in [2.05, 4.69) is 4.98 Å². The van der Waals surface area contributed by atoms with Gasteiger partial charge in [-0.15, -0.1) is 0 Å². The summed E-state index contributed by atoms with van der Waals surface area (Å²) in [6, 6.07) is 0. The first kappa shape index (κ1) is 9.22. The fourth-order valence-corrected chi connectivity index (χ4v) is 1.15. The van der Waals surface area contributed by atoms with E-state index in [0.717, 1.165) is 0 Å². The first-order valence-electron chi connectivity index (χ1n) is 2.99. The molecule has 6 heteroatoms. The number of halogens is 2. The number of pyridine rings is 1. The van der Waals surface area contributed by atoms with Crippen LogP contribution in [0.5, 0.6) is 0 Å². The van der Waals surface area contributed by atoms with Gasteiger partial charge in [0.2, 0.25) is 5.15 Å². The number of hydrogen-bond donors (Lipinski definition) is 0. The Morgan fingerprint density at radius 3 is 2.58 bits per heavy atom. The molecule has 0 unspecified atom stereocenters. The van der Waals surface area contributed by atoms with Gasteiger partial charge in [0.15, 0.2) is 0 Å². The Bertz CT molecular complexity index is 341. The second-order valence-electron chi connectivity index (χ2n) is 2.13. The van der Waals surface area contributed by atoms with Gasteiger partial charge in [-0.2, -0.15) is 0 Å². The van der Waals surface area contributed by atoms with E-state index in [1.54, 1.807) is 0 Å². The maximum atomic E-state index is 10.4. The number of nitro groups is 1. The molecule has 0 N–H and O–H groups in total. The summed E-state index contributed by atoms with van der Waals surface area (Å²) < 4.78 is 0. The van der Waals surface area contributed by atoms with Gasteiger partial charge in [0.25, 0.3) is 0 Å². The van der Waals surface area contributed by atoms with E-state index in [1.807, 2.05) is 0 Å². The lowest BCUT2D eigenvalue weighted by molar-refractivity contribution is -0.385. The van der Waals surface area contributed by atoms with Crippen molar-refractivity contribution in [2.45, 2.75) is 6.92 Å². The highest BCUT2D eigenvalue weighted by Gasteiger charge is 2.19. The van der Waals surface area contributed by atoms with Gasteiger partial charge in [0, 0.05) is 6.20 Å². The van der Waals surface area contributed by atoms with Crippen LogP contribution in [0.4, 0.5) is 5.69 Å². The molecule has 12 heavy (non-hydrogen) atoms. The first-order chi connectivity index (χ1) is 5.54. The molecule has 64 valence electrons. The number of aromatic nitrogens is 1. The summed E-state index contributed by atoms with van der Waals surface area (Å²) >= 11 is 11.1. The molecule has 0 aromatic carbocycles. The van der Waals surface area contributed by atoms with Gasteiger partial charge < -0.3 is 0 Å². The number of hydrogen-bond acceptors (Lipinski definition) is 3. The predicted octanol–water partition coefficient (Wildman–Crippen LogP) is 2.61. The lowest BCUT2D eigenvalue weighted by Gasteiger charge is -1.99. The van der Waals surface area contributed by atoms with Crippen molar-refractivity contribution in [3.8, 4) is 0 Å². The van der Waals surface area contributed by atoms with E-state index in [0.29, 0.717) is 5.56 Å². The Labute approximate surface area is 78.3 Å². The van der Waals surface area contributed by atoms with Crippen LogP contribution in [-0.4, -0.2) is 9.91 Å². The van der Waals surface area contributed by atoms with Crippen molar-refractivity contribution < 1.29 is 4.92 Å². The van der Waals surface area contributed by atoms with Crippen molar-refractivity contribution in [3.63, 3.8) is 0 Å². The van der Waals surface area contributed by atoms with Gasteiger partial charge in [-0.1, -0.05) is 23.2 Å². The summed E-state index contributed by atoms with van der Waals surface area (Å²) in [6.07, 6.45) is 1.28. The smallest absolute Gasteiger partial charge is 0.258 e. The van der Waals surface area contributed by atoms with Crippen LogP contribution in [0.15, 0.2) is 6.20 Å². The van der Waals surface area contributed by atoms with Gasteiger partial charge >= 0.3 is 5.69 Å². The van der Waals surface area contributed by atoms with Crippen molar-refractivity contribution in [1.29, 1.82) is 0 Å². The second-order valence-corrected chi connectivity index (χ2v) is 2.89. The SMILES string of the molecule is Cc1c(Cl)cnc(Cl)c1[N+](=O)[O-]. The summed E-state index contributed by atoms with van der Waals surface area (Å²) in [5.41, 5.74) is 0.103. The highest BCUT2D eigenvalue weighted by Crippen LogP contribution is 2.30. The van der Waals surface area contributed by atoms with E-state index < -0.39 is 4.92 Å². The quantitative estimate of drug-likeness (QED) is 0.404. The van der Waals surface area contributed by atoms with Crippen molar-refractivity contribution in [2.75, 3.05) is 0 Å². The Kier molecular flexibility index (Phi) is 2.49. The minimum atomic E-state index is -0.601. The maximum Gasteiger partial charge on any atom is 0.310 e. The lowest BCUT2D eigenvalue weighted by Crippen LogP contribution is -1.95. The van der Waals surface area contributed by atoms with Crippen LogP contribution in [0.3, 0.4) is 0 Å². The van der Waals surface area contributed by atoms with Gasteiger partial charge in [0.05, 0.1) is 15.5 Å². The van der Waals surface area contributed by atoms with Crippen LogP contribution in [0.25, 0.3) is 0 Å². The van der Waals surface area contributed by atoms with Gasteiger partial charge in [-0.05, 0) is 6.92 Å². The van der Waals surface area contributed by atoms with Crippen LogP contribution in [0.1, 0.15) is 5.56 Å². The van der Waals surface area contributed by atoms with Crippen LogP contribution < -0.4 is 0 Å². The van der Waals surface area contributed by atoms with E-state index in [9.17, 15) is 10.1 Å². The third kappa shape index (κ3) is 1.49. The Morgan fingerprint density at radius 2 is 2.17 bits per heavy atom. The lowest BCUT2D eigenvalue weighted by atomic mass is 10.2. The summed E-state index contributed by atoms with van der Waals surface area (Å²) in [6.45, 7) is 1.52. The molecule has 1 heterocycles. The minimum Gasteiger partial charge on any atom is -0.258 e. The van der Waals surface area contributed by atoms with Crippen LogP contribution in [-0.2, 0) is 0 Å². The molecule has 0 saturated heterocycles. The Hall–Kier alpha value is -0.870. The Balaban J connectivity index is 3.43. The zero-order valence-electron chi connectivity index (χ0n) is 6.04. The molecule has 0 aliphatic rings. The molecular formula is C6H4Cl2N2O2. The zero-order chi connectivity index (χ0) is 9.30. The fraction of sp³-hybridized carbons (Fsp3) is 0.167. The van der Waals surface area contributed by atoms with Crippen LogP contribution in [0, 0.1) is 17.0 Å². The molecule has 0 bridgehead atoms. The summed E-state index contributed by atoms with van der Waals surface area (Å²) in [4.78, 5) is 13.4. The molecule has 0 spiro atoms. The molecule has 1 rings (SSSR count). The van der Waals surface area contributed by atoms with Crippen LogP contribution in [0.2, 0.25) is 10.2 Å². The Morgan fingerprint density at radius 1 is 1.58 bits per heavy atom. The van der Waals surface area contributed by atoms with E-state index in [-0.39, 0.29) is 15.9 Å². The monoisotopic (exact) mass is 206 g/mol. The molecule has 0 aliphatic carbocycles. The molecule has 0 saturated carbocycles. The van der Waals surface area contributed by atoms with E-state index in [4.69, 9.17) is 23.2 Å². The highest BCUT2D eigenvalue weighted by molar-refractivity contribution is 6.34. The second kappa shape index (κ2) is 3.25. The first-order valence-corrected chi connectivity index (χ1v) is 3.74. The molecule has 1 aromatic heterocycles. The average molecular weight is 207 g/mol. The normalized spacial score (nSPS) is 9.92. The molecule has 0 aliphatic heterocycles. The predicted molar refractivity (Wildman–Crippen MR) is 45.6 cm³/mol. The minimum absolute atomic E-state index is 0.137. The van der Waals surface area contributed by atoms with E-state index in [1.165, 1.54) is 13.1 Å².